The van der Waals surface area contributed by atoms with E-state index in [1.165, 1.54) is 6.20 Å². The molecule has 2 aromatic rings. The highest BCUT2D eigenvalue weighted by Gasteiger charge is 1.94. The van der Waals surface area contributed by atoms with Gasteiger partial charge in [0.05, 0.1) is 17.2 Å². The maximum Gasteiger partial charge on any atom is 0.133 e. The summed E-state index contributed by atoms with van der Waals surface area (Å²) in [7, 11) is 0. The van der Waals surface area contributed by atoms with Gasteiger partial charge in [0.1, 0.15) is 5.69 Å². The summed E-state index contributed by atoms with van der Waals surface area (Å²) >= 11 is 0. The van der Waals surface area contributed by atoms with E-state index in [1.54, 1.807) is 0 Å². The molecule has 12 heavy (non-hydrogen) atoms. The second kappa shape index (κ2) is 2.63. The fourth-order valence-electron chi connectivity index (χ4n) is 1.02. The van der Waals surface area contributed by atoms with Crippen LogP contribution in [0.3, 0.4) is 0 Å². The van der Waals surface area contributed by atoms with Crippen LogP contribution in [0.2, 0.25) is 0 Å². The van der Waals surface area contributed by atoms with Gasteiger partial charge in [0.25, 0.3) is 0 Å². The van der Waals surface area contributed by atoms with Crippen molar-refractivity contribution >= 4 is 11.0 Å². The Morgan fingerprint density at radius 2 is 1.92 bits per heavy atom. The molecule has 0 unspecified atom stereocenters. The summed E-state index contributed by atoms with van der Waals surface area (Å²) in [5.74, 6) is 2.20. The molecule has 0 atom stereocenters. The largest absolute Gasteiger partial charge is 0.252 e. The molecular formula is C10H5N2. The molecule has 0 aliphatic heterocycles. The Balaban J connectivity index is 2.78. The van der Waals surface area contributed by atoms with E-state index in [0.29, 0.717) is 5.69 Å². The molecule has 2 rings (SSSR count). The maximum absolute atomic E-state index is 6.87. The van der Waals surface area contributed by atoms with Gasteiger partial charge < -0.3 is 0 Å². The summed E-state index contributed by atoms with van der Waals surface area (Å²) in [5.41, 5.74) is 2.11. The van der Waals surface area contributed by atoms with E-state index in [0.717, 1.165) is 11.0 Å². The minimum atomic E-state index is 0.466. The Morgan fingerprint density at radius 3 is 2.67 bits per heavy atom. The molecule has 0 saturated carbocycles. The molecular weight excluding hydrogens is 148 g/mol. The number of hydrogen-bond acceptors (Lipinski definition) is 2. The first-order valence-electron chi connectivity index (χ1n) is 3.55. The fourth-order valence-corrected chi connectivity index (χ4v) is 1.02. The van der Waals surface area contributed by atoms with E-state index < -0.39 is 0 Å². The molecule has 0 saturated heterocycles. The number of nitrogens with zero attached hydrogens (tertiary/aromatic N) is 2. The zero-order valence-electron chi connectivity index (χ0n) is 6.28. The van der Waals surface area contributed by atoms with Crippen LogP contribution < -0.4 is 0 Å². The molecule has 1 heterocycles. The van der Waals surface area contributed by atoms with Gasteiger partial charge in [-0.2, -0.15) is 0 Å². The van der Waals surface area contributed by atoms with Crippen LogP contribution >= 0.6 is 0 Å². The molecule has 0 fully saturated rings. The number of hydrogen-bond donors (Lipinski definition) is 0. The van der Waals surface area contributed by atoms with Crippen molar-refractivity contribution in [2.24, 2.45) is 0 Å². The average molecular weight is 153 g/mol. The minimum Gasteiger partial charge on any atom is -0.252 e. The normalized spacial score (nSPS) is 9.58. The quantitative estimate of drug-likeness (QED) is 0.537. The van der Waals surface area contributed by atoms with Gasteiger partial charge in [0.2, 0.25) is 0 Å². The van der Waals surface area contributed by atoms with Crippen LogP contribution in [0.15, 0.2) is 30.5 Å². The van der Waals surface area contributed by atoms with Gasteiger partial charge in [0.15, 0.2) is 0 Å². The second-order valence-electron chi connectivity index (χ2n) is 2.37. The summed E-state index contributed by atoms with van der Waals surface area (Å²) in [6.45, 7) is 0. The van der Waals surface area contributed by atoms with Gasteiger partial charge in [-0.3, -0.25) is 4.98 Å². The van der Waals surface area contributed by atoms with E-state index in [4.69, 9.17) is 6.42 Å². The monoisotopic (exact) mass is 153 g/mol. The van der Waals surface area contributed by atoms with Crippen LogP contribution in [0, 0.1) is 12.3 Å². The standard InChI is InChI=1S/C10H5N2/c1-2-8-7-11-9-5-3-4-6-10(9)12-8/h3-7H. The highest BCUT2D eigenvalue weighted by Crippen LogP contribution is 2.07. The van der Waals surface area contributed by atoms with Gasteiger partial charge in [0, 0.05) is 0 Å². The molecule has 1 aromatic heterocycles. The maximum atomic E-state index is 6.87. The Hall–Kier alpha value is -1.88. The number of para-hydroxylation sites is 2. The first-order valence-corrected chi connectivity index (χ1v) is 3.55. The van der Waals surface area contributed by atoms with Crippen LogP contribution in [0.1, 0.15) is 5.69 Å². The molecule has 0 N–H and O–H groups in total. The summed E-state index contributed by atoms with van der Waals surface area (Å²) in [6, 6.07) is 7.55. The lowest BCUT2D eigenvalue weighted by Crippen LogP contribution is -1.86. The summed E-state index contributed by atoms with van der Waals surface area (Å²) < 4.78 is 0. The van der Waals surface area contributed by atoms with Crippen LogP contribution in [-0.2, 0) is 0 Å². The number of benzene rings is 1. The number of aromatic nitrogens is 2. The predicted molar refractivity (Wildman–Crippen MR) is 45.8 cm³/mol. The zero-order valence-corrected chi connectivity index (χ0v) is 6.28. The Morgan fingerprint density at radius 1 is 1.17 bits per heavy atom. The van der Waals surface area contributed by atoms with Gasteiger partial charge >= 0.3 is 0 Å². The second-order valence-corrected chi connectivity index (χ2v) is 2.37. The molecule has 1 aromatic carbocycles. The lowest BCUT2D eigenvalue weighted by Gasteiger charge is -1.94. The third-order valence-corrected chi connectivity index (χ3v) is 1.58. The first kappa shape index (κ1) is 6.81. The lowest BCUT2D eigenvalue weighted by atomic mass is 10.3. The molecule has 2 heteroatoms. The van der Waals surface area contributed by atoms with Gasteiger partial charge in [-0.1, -0.05) is 12.1 Å². The molecule has 0 aliphatic carbocycles. The van der Waals surface area contributed by atoms with E-state index in [-0.39, 0.29) is 0 Å². The van der Waals surface area contributed by atoms with Crippen molar-refractivity contribution < 1.29 is 0 Å². The zero-order chi connectivity index (χ0) is 8.39. The van der Waals surface area contributed by atoms with Gasteiger partial charge in [-0.05, 0) is 24.5 Å². The predicted octanol–water partition coefficient (Wildman–Crippen LogP) is 1.57. The van der Waals surface area contributed by atoms with E-state index in [9.17, 15) is 0 Å². The van der Waals surface area contributed by atoms with Gasteiger partial charge in [-0.15, -0.1) is 0 Å². The topological polar surface area (TPSA) is 25.8 Å². The summed E-state index contributed by atoms with van der Waals surface area (Å²) in [5, 5.41) is 0. The SMILES string of the molecule is [C]#Cc1cnc2ccccc2n1. The van der Waals surface area contributed by atoms with Crippen molar-refractivity contribution in [3.05, 3.63) is 42.6 Å². The van der Waals surface area contributed by atoms with Crippen LogP contribution in [0.4, 0.5) is 0 Å². The van der Waals surface area contributed by atoms with E-state index >= 15 is 0 Å². The third-order valence-electron chi connectivity index (χ3n) is 1.58. The van der Waals surface area contributed by atoms with E-state index in [2.05, 4.69) is 15.9 Å². The highest BCUT2D eigenvalue weighted by atomic mass is 14.8. The molecule has 0 amide bonds. The molecule has 0 aliphatic rings. The minimum absolute atomic E-state index is 0.466. The number of fused-ring (bicyclic) bond motifs is 1. The molecule has 0 spiro atoms. The number of rotatable bonds is 0. The smallest absolute Gasteiger partial charge is 0.133 e. The van der Waals surface area contributed by atoms with Crippen molar-refractivity contribution in [1.82, 2.24) is 9.97 Å². The Labute approximate surface area is 70.3 Å². The molecule has 2 nitrogen and oxygen atoms in total. The molecule has 0 bridgehead atoms. The third kappa shape index (κ3) is 1.02. The van der Waals surface area contributed by atoms with Crippen molar-refractivity contribution in [3.63, 3.8) is 0 Å². The molecule has 55 valence electrons. The van der Waals surface area contributed by atoms with Gasteiger partial charge in [-0.25, -0.2) is 4.98 Å². The van der Waals surface area contributed by atoms with Crippen molar-refractivity contribution in [1.29, 1.82) is 0 Å². The summed E-state index contributed by atoms with van der Waals surface area (Å²) in [6.07, 6.45) is 8.40. The Kier molecular flexibility index (Phi) is 1.49. The van der Waals surface area contributed by atoms with Crippen molar-refractivity contribution in [2.45, 2.75) is 0 Å². The Bertz CT molecular complexity index is 455. The van der Waals surface area contributed by atoms with Crippen molar-refractivity contribution in [3.8, 4) is 5.92 Å². The fraction of sp³-hybridized carbons (Fsp3) is 0. The summed E-state index contributed by atoms with van der Waals surface area (Å²) in [4.78, 5) is 8.24. The molecule has 1 radical (unpaired) electrons. The van der Waals surface area contributed by atoms with Crippen molar-refractivity contribution in [2.75, 3.05) is 0 Å². The van der Waals surface area contributed by atoms with Crippen LogP contribution in [-0.4, -0.2) is 9.97 Å². The van der Waals surface area contributed by atoms with E-state index in [1.807, 2.05) is 24.3 Å². The first-order chi connectivity index (χ1) is 5.90. The van der Waals surface area contributed by atoms with Crippen LogP contribution in [0.5, 0.6) is 0 Å². The average Bonchev–Trinajstić information content (AvgIpc) is 2.17. The lowest BCUT2D eigenvalue weighted by molar-refractivity contribution is 1.26. The highest BCUT2D eigenvalue weighted by molar-refractivity contribution is 5.73. The van der Waals surface area contributed by atoms with Crippen LogP contribution in [0.25, 0.3) is 11.0 Å².